The molecule has 2 heteroatoms. The number of rotatable bonds is 1. The summed E-state index contributed by atoms with van der Waals surface area (Å²) in [4.78, 5) is 2.48. The molecule has 1 atom stereocenters. The zero-order valence-corrected chi connectivity index (χ0v) is 11.9. The fourth-order valence-electron chi connectivity index (χ4n) is 3.35. The molecule has 2 aliphatic heterocycles. The maximum absolute atomic E-state index is 3.58. The van der Waals surface area contributed by atoms with Crippen LogP contribution in [-0.4, -0.2) is 6.04 Å². The number of benzene rings is 2. The second-order valence-electron chi connectivity index (χ2n) is 6.05. The Hall–Kier alpha value is -1.96. The van der Waals surface area contributed by atoms with Crippen molar-refractivity contribution >= 4 is 11.4 Å². The normalized spacial score (nSPS) is 20.2. The zero-order chi connectivity index (χ0) is 13.5. The lowest BCUT2D eigenvalue weighted by molar-refractivity contribution is 0.680. The second-order valence-corrected chi connectivity index (χ2v) is 6.05. The molecule has 2 aromatic rings. The number of nitrogens with one attached hydrogen (secondary N) is 1. The van der Waals surface area contributed by atoms with Crippen LogP contribution >= 0.6 is 0 Å². The Kier molecular flexibility index (Phi) is 2.69. The number of anilines is 2. The van der Waals surface area contributed by atoms with Gasteiger partial charge in [-0.15, -0.1) is 0 Å². The highest BCUT2D eigenvalue weighted by Crippen LogP contribution is 2.33. The van der Waals surface area contributed by atoms with Crippen molar-refractivity contribution in [3.63, 3.8) is 0 Å². The van der Waals surface area contributed by atoms with Crippen LogP contribution in [0.4, 0.5) is 11.4 Å². The molecule has 102 valence electrons. The van der Waals surface area contributed by atoms with Crippen LogP contribution in [0.5, 0.6) is 0 Å². The lowest BCUT2D eigenvalue weighted by Gasteiger charge is -2.26. The van der Waals surface area contributed by atoms with Crippen LogP contribution in [0.3, 0.4) is 0 Å². The van der Waals surface area contributed by atoms with E-state index in [2.05, 4.69) is 59.6 Å². The maximum Gasteiger partial charge on any atom is 0.0436 e. The molecular weight excluding hydrogens is 244 g/mol. The van der Waals surface area contributed by atoms with Crippen molar-refractivity contribution in [2.75, 3.05) is 10.2 Å². The molecule has 2 aromatic carbocycles. The molecule has 2 heterocycles. The number of fused-ring (bicyclic) bond motifs is 2. The van der Waals surface area contributed by atoms with Crippen molar-refractivity contribution in [3.05, 3.63) is 59.2 Å². The summed E-state index contributed by atoms with van der Waals surface area (Å²) < 4.78 is 0. The summed E-state index contributed by atoms with van der Waals surface area (Å²) in [6, 6.07) is 16.3. The number of hydrogen-bond donors (Lipinski definition) is 1. The fraction of sp³-hybridized carbons (Fsp3) is 0.333. The van der Waals surface area contributed by atoms with Crippen molar-refractivity contribution in [2.24, 2.45) is 0 Å². The number of nitrogens with zero attached hydrogens (tertiary/aromatic N) is 1. The predicted molar refractivity (Wildman–Crippen MR) is 84.2 cm³/mol. The Morgan fingerprint density at radius 1 is 1.00 bits per heavy atom. The third kappa shape index (κ3) is 1.96. The highest BCUT2D eigenvalue weighted by atomic mass is 15.1. The number of hydrogen-bond acceptors (Lipinski definition) is 2. The van der Waals surface area contributed by atoms with Gasteiger partial charge in [-0.3, -0.25) is 0 Å². The van der Waals surface area contributed by atoms with Gasteiger partial charge in [0, 0.05) is 30.5 Å². The van der Waals surface area contributed by atoms with Gasteiger partial charge < -0.3 is 10.2 Å². The molecule has 0 saturated heterocycles. The van der Waals surface area contributed by atoms with Crippen LogP contribution in [0.1, 0.15) is 30.0 Å². The van der Waals surface area contributed by atoms with Crippen molar-refractivity contribution in [1.29, 1.82) is 0 Å². The van der Waals surface area contributed by atoms with Crippen molar-refractivity contribution in [1.82, 2.24) is 0 Å². The Morgan fingerprint density at radius 3 is 2.50 bits per heavy atom. The van der Waals surface area contributed by atoms with E-state index in [4.69, 9.17) is 0 Å². The molecule has 20 heavy (non-hydrogen) atoms. The molecule has 0 saturated carbocycles. The van der Waals surface area contributed by atoms with E-state index < -0.39 is 0 Å². The fourth-order valence-corrected chi connectivity index (χ4v) is 3.35. The van der Waals surface area contributed by atoms with Gasteiger partial charge in [0.05, 0.1) is 0 Å². The van der Waals surface area contributed by atoms with Crippen LogP contribution in [0.15, 0.2) is 42.5 Å². The highest BCUT2D eigenvalue weighted by molar-refractivity contribution is 5.63. The minimum atomic E-state index is 0.601. The maximum atomic E-state index is 3.58. The van der Waals surface area contributed by atoms with Gasteiger partial charge in [0.2, 0.25) is 0 Å². The van der Waals surface area contributed by atoms with E-state index >= 15 is 0 Å². The summed E-state index contributed by atoms with van der Waals surface area (Å²) in [5.74, 6) is 0. The molecule has 1 N–H and O–H groups in total. The second kappa shape index (κ2) is 4.55. The first-order chi connectivity index (χ1) is 9.79. The molecule has 0 fully saturated rings. The molecule has 2 nitrogen and oxygen atoms in total. The van der Waals surface area contributed by atoms with Crippen LogP contribution in [0.25, 0.3) is 0 Å². The van der Waals surface area contributed by atoms with Crippen molar-refractivity contribution in [3.8, 4) is 0 Å². The van der Waals surface area contributed by atoms with Gasteiger partial charge in [0.25, 0.3) is 0 Å². The lowest BCUT2D eigenvalue weighted by atomic mass is 9.98. The highest BCUT2D eigenvalue weighted by Gasteiger charge is 2.20. The molecule has 0 amide bonds. The molecule has 1 unspecified atom stereocenters. The zero-order valence-electron chi connectivity index (χ0n) is 11.9. The van der Waals surface area contributed by atoms with Gasteiger partial charge in [-0.1, -0.05) is 24.3 Å². The molecule has 0 spiro atoms. The number of aryl methyl sites for hydroxylation is 1. The molecule has 0 aromatic heterocycles. The smallest absolute Gasteiger partial charge is 0.0436 e. The summed E-state index contributed by atoms with van der Waals surface area (Å²) >= 11 is 0. The van der Waals surface area contributed by atoms with E-state index in [1.165, 1.54) is 40.9 Å². The van der Waals surface area contributed by atoms with Crippen molar-refractivity contribution in [2.45, 2.75) is 38.9 Å². The van der Waals surface area contributed by atoms with Crippen LogP contribution in [0.2, 0.25) is 0 Å². The van der Waals surface area contributed by atoms with E-state index in [9.17, 15) is 0 Å². The van der Waals surface area contributed by atoms with Crippen LogP contribution in [-0.2, 0) is 19.5 Å². The quantitative estimate of drug-likeness (QED) is 0.839. The van der Waals surface area contributed by atoms with Crippen molar-refractivity contribution < 1.29 is 0 Å². The van der Waals surface area contributed by atoms with E-state index in [0.717, 1.165) is 13.1 Å². The Morgan fingerprint density at radius 2 is 1.75 bits per heavy atom. The molecule has 0 radical (unpaired) electrons. The van der Waals surface area contributed by atoms with Crippen LogP contribution < -0.4 is 10.2 Å². The third-order valence-electron chi connectivity index (χ3n) is 4.54. The van der Waals surface area contributed by atoms with Gasteiger partial charge in [-0.25, -0.2) is 0 Å². The summed E-state index contributed by atoms with van der Waals surface area (Å²) in [6.45, 7) is 4.34. The Balaban J connectivity index is 1.62. The minimum Gasteiger partial charge on any atom is -0.382 e. The van der Waals surface area contributed by atoms with Gasteiger partial charge >= 0.3 is 0 Å². The van der Waals surface area contributed by atoms with E-state index in [1.807, 2.05) is 0 Å². The van der Waals surface area contributed by atoms with E-state index in [1.54, 1.807) is 0 Å². The Labute approximate surface area is 120 Å². The van der Waals surface area contributed by atoms with E-state index in [-0.39, 0.29) is 0 Å². The third-order valence-corrected chi connectivity index (χ3v) is 4.54. The van der Waals surface area contributed by atoms with Gasteiger partial charge in [0.1, 0.15) is 0 Å². The molecule has 4 rings (SSSR count). The summed E-state index contributed by atoms with van der Waals surface area (Å²) in [5, 5.41) is 3.58. The topological polar surface area (TPSA) is 15.3 Å². The summed E-state index contributed by atoms with van der Waals surface area (Å²) in [6.07, 6.45) is 2.43. The predicted octanol–water partition coefficient (Wildman–Crippen LogP) is 3.95. The van der Waals surface area contributed by atoms with Gasteiger partial charge in [-0.05, 0) is 54.7 Å². The average Bonchev–Trinajstić information content (AvgIpc) is 2.90. The monoisotopic (exact) mass is 264 g/mol. The SMILES string of the molecule is CC1CCc2cc(N3Cc4ccccc4C3)ccc2N1. The first kappa shape index (κ1) is 11.8. The Bertz CT molecular complexity index is 623. The van der Waals surface area contributed by atoms with E-state index in [0.29, 0.717) is 6.04 Å². The molecular formula is C18H20N2. The first-order valence-electron chi connectivity index (χ1n) is 7.51. The largest absolute Gasteiger partial charge is 0.382 e. The summed E-state index contributed by atoms with van der Waals surface area (Å²) in [5.41, 5.74) is 7.09. The molecule has 2 aliphatic rings. The van der Waals surface area contributed by atoms with Gasteiger partial charge in [0.15, 0.2) is 0 Å². The molecule has 0 aliphatic carbocycles. The lowest BCUT2D eigenvalue weighted by Crippen LogP contribution is -2.22. The standard InChI is InChI=1S/C18H20N2/c1-13-6-7-14-10-17(8-9-18(14)19-13)20-11-15-4-2-3-5-16(15)12-20/h2-5,8-10,13,19H,6-7,11-12H2,1H3. The summed E-state index contributed by atoms with van der Waals surface area (Å²) in [7, 11) is 0. The first-order valence-corrected chi connectivity index (χ1v) is 7.51. The van der Waals surface area contributed by atoms with Gasteiger partial charge in [-0.2, -0.15) is 0 Å². The minimum absolute atomic E-state index is 0.601. The van der Waals surface area contributed by atoms with Crippen LogP contribution in [0, 0.1) is 0 Å². The molecule has 0 bridgehead atoms. The average molecular weight is 264 g/mol.